The molecule has 3 heterocycles. The highest BCUT2D eigenvalue weighted by atomic mass is 15.3. The molecule has 20 heavy (non-hydrogen) atoms. The third kappa shape index (κ3) is 2.81. The van der Waals surface area contributed by atoms with Gasteiger partial charge < -0.3 is 10.2 Å². The Morgan fingerprint density at radius 2 is 2.05 bits per heavy atom. The normalized spacial score (nSPS) is 23.7. The summed E-state index contributed by atoms with van der Waals surface area (Å²) < 4.78 is 0. The third-order valence-electron chi connectivity index (χ3n) is 4.69. The van der Waals surface area contributed by atoms with Crippen LogP contribution in [0.2, 0.25) is 0 Å². The summed E-state index contributed by atoms with van der Waals surface area (Å²) in [5.74, 6) is 1.16. The average molecular weight is 274 g/mol. The van der Waals surface area contributed by atoms with Crippen molar-refractivity contribution in [1.82, 2.24) is 15.2 Å². The van der Waals surface area contributed by atoms with E-state index in [2.05, 4.69) is 34.2 Å². The van der Waals surface area contributed by atoms with Gasteiger partial charge in [0.05, 0.1) is 0 Å². The second kappa shape index (κ2) is 6.10. The van der Waals surface area contributed by atoms with Crippen molar-refractivity contribution in [3.63, 3.8) is 0 Å². The van der Waals surface area contributed by atoms with E-state index in [9.17, 15) is 0 Å². The standard InChI is InChI=1S/C16H26N4/c1-13-14(11-17-2)5-6-16(18-13)20-10-7-15(12-20)19-8-3-4-9-19/h5-6,15,17H,3-4,7-12H2,1-2H3. The van der Waals surface area contributed by atoms with Crippen molar-refractivity contribution >= 4 is 5.82 Å². The van der Waals surface area contributed by atoms with Gasteiger partial charge in [-0.2, -0.15) is 0 Å². The summed E-state index contributed by atoms with van der Waals surface area (Å²) in [6, 6.07) is 5.15. The van der Waals surface area contributed by atoms with Crippen LogP contribution in [-0.4, -0.2) is 49.2 Å². The maximum Gasteiger partial charge on any atom is 0.128 e. The van der Waals surface area contributed by atoms with Gasteiger partial charge in [-0.05, 0) is 58.0 Å². The molecule has 0 amide bonds. The Hall–Kier alpha value is -1.13. The Balaban J connectivity index is 1.66. The highest BCUT2D eigenvalue weighted by Gasteiger charge is 2.29. The Morgan fingerprint density at radius 3 is 2.75 bits per heavy atom. The van der Waals surface area contributed by atoms with Gasteiger partial charge in [0.2, 0.25) is 0 Å². The molecule has 1 atom stereocenters. The maximum absolute atomic E-state index is 4.80. The number of nitrogens with one attached hydrogen (secondary N) is 1. The van der Waals surface area contributed by atoms with Crippen LogP contribution in [0.25, 0.3) is 0 Å². The van der Waals surface area contributed by atoms with Gasteiger partial charge in [-0.25, -0.2) is 4.98 Å². The molecule has 1 aromatic heterocycles. The molecule has 0 aromatic carbocycles. The molecule has 0 saturated carbocycles. The van der Waals surface area contributed by atoms with E-state index in [0.29, 0.717) is 0 Å². The van der Waals surface area contributed by atoms with Crippen LogP contribution in [0.1, 0.15) is 30.5 Å². The van der Waals surface area contributed by atoms with E-state index < -0.39 is 0 Å². The van der Waals surface area contributed by atoms with Crippen LogP contribution in [-0.2, 0) is 6.54 Å². The first-order chi connectivity index (χ1) is 9.78. The van der Waals surface area contributed by atoms with Crippen molar-refractivity contribution < 1.29 is 0 Å². The van der Waals surface area contributed by atoms with Crippen LogP contribution in [0.4, 0.5) is 5.82 Å². The lowest BCUT2D eigenvalue weighted by molar-refractivity contribution is 0.260. The van der Waals surface area contributed by atoms with Gasteiger partial charge in [0, 0.05) is 31.4 Å². The first-order valence-electron chi connectivity index (χ1n) is 7.88. The van der Waals surface area contributed by atoms with E-state index in [1.807, 2.05) is 7.05 Å². The van der Waals surface area contributed by atoms with Gasteiger partial charge in [-0.3, -0.25) is 4.90 Å². The zero-order valence-corrected chi connectivity index (χ0v) is 12.7. The molecule has 110 valence electrons. The molecule has 2 aliphatic rings. The fraction of sp³-hybridized carbons (Fsp3) is 0.688. The first-order valence-corrected chi connectivity index (χ1v) is 7.88. The van der Waals surface area contributed by atoms with Gasteiger partial charge in [0.25, 0.3) is 0 Å². The Bertz CT molecular complexity index is 454. The van der Waals surface area contributed by atoms with E-state index in [1.165, 1.54) is 37.9 Å². The number of aromatic nitrogens is 1. The maximum atomic E-state index is 4.80. The second-order valence-corrected chi connectivity index (χ2v) is 6.08. The molecule has 4 heteroatoms. The monoisotopic (exact) mass is 274 g/mol. The van der Waals surface area contributed by atoms with E-state index in [-0.39, 0.29) is 0 Å². The molecule has 0 aliphatic carbocycles. The minimum absolute atomic E-state index is 0.747. The fourth-order valence-corrected chi connectivity index (χ4v) is 3.48. The highest BCUT2D eigenvalue weighted by Crippen LogP contribution is 2.24. The second-order valence-electron chi connectivity index (χ2n) is 6.08. The van der Waals surface area contributed by atoms with Crippen molar-refractivity contribution in [2.45, 2.75) is 38.8 Å². The summed E-state index contributed by atoms with van der Waals surface area (Å²) in [6.45, 7) is 7.91. The molecule has 3 rings (SSSR count). The van der Waals surface area contributed by atoms with Crippen molar-refractivity contribution in [1.29, 1.82) is 0 Å². The van der Waals surface area contributed by atoms with E-state index >= 15 is 0 Å². The predicted molar refractivity (Wildman–Crippen MR) is 83.2 cm³/mol. The minimum Gasteiger partial charge on any atom is -0.355 e. The average Bonchev–Trinajstić information content (AvgIpc) is 3.11. The number of anilines is 1. The molecule has 0 radical (unpaired) electrons. The number of nitrogens with zero attached hydrogens (tertiary/aromatic N) is 3. The Labute approximate surface area is 122 Å². The van der Waals surface area contributed by atoms with Gasteiger partial charge in [0.1, 0.15) is 5.82 Å². The summed E-state index contributed by atoms with van der Waals surface area (Å²) in [4.78, 5) is 9.93. The molecule has 1 unspecified atom stereocenters. The molecule has 0 spiro atoms. The lowest BCUT2D eigenvalue weighted by atomic mass is 10.2. The molecule has 2 saturated heterocycles. The topological polar surface area (TPSA) is 31.4 Å². The molecular formula is C16H26N4. The summed E-state index contributed by atoms with van der Waals surface area (Å²) >= 11 is 0. The number of pyridine rings is 1. The third-order valence-corrected chi connectivity index (χ3v) is 4.69. The van der Waals surface area contributed by atoms with Crippen molar-refractivity contribution in [3.8, 4) is 0 Å². The number of aryl methyl sites for hydroxylation is 1. The largest absolute Gasteiger partial charge is 0.355 e. The molecular weight excluding hydrogens is 248 g/mol. The van der Waals surface area contributed by atoms with Crippen LogP contribution in [0.15, 0.2) is 12.1 Å². The zero-order valence-electron chi connectivity index (χ0n) is 12.7. The minimum atomic E-state index is 0.747. The predicted octanol–water partition coefficient (Wildman–Crippen LogP) is 1.78. The summed E-state index contributed by atoms with van der Waals surface area (Å²) in [5, 5.41) is 3.20. The lowest BCUT2D eigenvalue weighted by Crippen LogP contribution is -2.35. The van der Waals surface area contributed by atoms with Crippen LogP contribution in [0.3, 0.4) is 0 Å². The smallest absolute Gasteiger partial charge is 0.128 e. The Kier molecular flexibility index (Phi) is 4.22. The van der Waals surface area contributed by atoms with Crippen molar-refractivity contribution in [3.05, 3.63) is 23.4 Å². The molecule has 2 fully saturated rings. The molecule has 4 nitrogen and oxygen atoms in total. The molecule has 2 aliphatic heterocycles. The molecule has 1 N–H and O–H groups in total. The number of rotatable bonds is 4. The first kappa shape index (κ1) is 13.8. The number of hydrogen-bond donors (Lipinski definition) is 1. The number of likely N-dealkylation sites (tertiary alicyclic amines) is 1. The molecule has 1 aromatic rings. The van der Waals surface area contributed by atoms with E-state index in [0.717, 1.165) is 37.2 Å². The van der Waals surface area contributed by atoms with Crippen molar-refractivity contribution in [2.24, 2.45) is 0 Å². The van der Waals surface area contributed by atoms with E-state index in [4.69, 9.17) is 4.98 Å². The summed E-state index contributed by atoms with van der Waals surface area (Å²) in [6.07, 6.45) is 4.05. The SMILES string of the molecule is CNCc1ccc(N2CCC(N3CCCC3)C2)nc1C. The van der Waals surface area contributed by atoms with Gasteiger partial charge >= 0.3 is 0 Å². The summed E-state index contributed by atoms with van der Waals surface area (Å²) in [7, 11) is 1.98. The lowest BCUT2D eigenvalue weighted by Gasteiger charge is -2.24. The van der Waals surface area contributed by atoms with Gasteiger partial charge in [-0.15, -0.1) is 0 Å². The quantitative estimate of drug-likeness (QED) is 0.907. The van der Waals surface area contributed by atoms with Crippen LogP contribution < -0.4 is 10.2 Å². The van der Waals surface area contributed by atoms with Crippen LogP contribution >= 0.6 is 0 Å². The fourth-order valence-electron chi connectivity index (χ4n) is 3.48. The van der Waals surface area contributed by atoms with E-state index in [1.54, 1.807) is 0 Å². The van der Waals surface area contributed by atoms with Crippen LogP contribution in [0, 0.1) is 6.92 Å². The van der Waals surface area contributed by atoms with Gasteiger partial charge in [-0.1, -0.05) is 6.07 Å². The van der Waals surface area contributed by atoms with Crippen molar-refractivity contribution in [2.75, 3.05) is 38.1 Å². The number of hydrogen-bond acceptors (Lipinski definition) is 4. The van der Waals surface area contributed by atoms with Gasteiger partial charge in [0.15, 0.2) is 0 Å². The molecule has 0 bridgehead atoms. The van der Waals surface area contributed by atoms with Crippen LogP contribution in [0.5, 0.6) is 0 Å². The highest BCUT2D eigenvalue weighted by molar-refractivity contribution is 5.43. The zero-order chi connectivity index (χ0) is 13.9. The Morgan fingerprint density at radius 1 is 1.25 bits per heavy atom. The summed E-state index contributed by atoms with van der Waals surface area (Å²) in [5.41, 5.74) is 2.45.